The van der Waals surface area contributed by atoms with Crippen LogP contribution in [0.4, 0.5) is 5.69 Å². The predicted molar refractivity (Wildman–Crippen MR) is 69.3 cm³/mol. The maximum Gasteiger partial charge on any atom is 0.272 e. The molecule has 2 aromatic rings. The van der Waals surface area contributed by atoms with Crippen molar-refractivity contribution < 1.29 is 4.79 Å². The first-order valence-electron chi connectivity index (χ1n) is 5.58. The highest BCUT2D eigenvalue weighted by atomic mass is 16.1. The zero-order chi connectivity index (χ0) is 12.4. The van der Waals surface area contributed by atoms with Crippen molar-refractivity contribution in [2.24, 2.45) is 7.05 Å². The van der Waals surface area contributed by atoms with Gasteiger partial charge in [-0.1, -0.05) is 18.2 Å². The monoisotopic (exact) mass is 228 g/mol. The van der Waals surface area contributed by atoms with Crippen LogP contribution >= 0.6 is 0 Å². The molecule has 0 saturated heterocycles. The van der Waals surface area contributed by atoms with E-state index < -0.39 is 0 Å². The molecule has 3 nitrogen and oxygen atoms in total. The van der Waals surface area contributed by atoms with Crippen molar-refractivity contribution in [1.82, 2.24) is 4.57 Å². The van der Waals surface area contributed by atoms with Crippen LogP contribution in [0.3, 0.4) is 0 Å². The van der Waals surface area contributed by atoms with Crippen molar-refractivity contribution in [2.75, 3.05) is 5.32 Å². The summed E-state index contributed by atoms with van der Waals surface area (Å²) in [5.74, 6) is -0.0742. The zero-order valence-corrected chi connectivity index (χ0v) is 10.3. The highest BCUT2D eigenvalue weighted by Crippen LogP contribution is 2.20. The Balaban J connectivity index is 2.28. The van der Waals surface area contributed by atoms with Gasteiger partial charge >= 0.3 is 0 Å². The van der Waals surface area contributed by atoms with Crippen molar-refractivity contribution in [1.29, 1.82) is 0 Å². The van der Waals surface area contributed by atoms with Gasteiger partial charge in [0.25, 0.3) is 5.91 Å². The van der Waals surface area contributed by atoms with Crippen molar-refractivity contribution in [2.45, 2.75) is 13.8 Å². The summed E-state index contributed by atoms with van der Waals surface area (Å²) in [4.78, 5) is 12.1. The van der Waals surface area contributed by atoms with Gasteiger partial charge in [0, 0.05) is 18.9 Å². The van der Waals surface area contributed by atoms with Crippen LogP contribution in [-0.2, 0) is 7.05 Å². The van der Waals surface area contributed by atoms with E-state index in [0.29, 0.717) is 5.69 Å². The normalized spacial score (nSPS) is 10.3. The summed E-state index contributed by atoms with van der Waals surface area (Å²) in [6, 6.07) is 9.65. The van der Waals surface area contributed by atoms with Gasteiger partial charge in [-0.3, -0.25) is 4.79 Å². The molecule has 2 rings (SSSR count). The molecule has 1 aromatic carbocycles. The molecule has 0 fully saturated rings. The Bertz CT molecular complexity index is 535. The number of carbonyl (C=O) groups is 1. The highest BCUT2D eigenvalue weighted by Gasteiger charge is 2.11. The molecule has 0 aliphatic rings. The average Bonchev–Trinajstić information content (AvgIpc) is 2.70. The number of carbonyl (C=O) groups excluding carboxylic acids is 1. The largest absolute Gasteiger partial charge is 0.347 e. The Kier molecular flexibility index (Phi) is 3.00. The molecule has 17 heavy (non-hydrogen) atoms. The van der Waals surface area contributed by atoms with Crippen molar-refractivity contribution in [3.63, 3.8) is 0 Å². The molecule has 0 bridgehead atoms. The fourth-order valence-corrected chi connectivity index (χ4v) is 1.89. The van der Waals surface area contributed by atoms with Gasteiger partial charge in [0.2, 0.25) is 0 Å². The van der Waals surface area contributed by atoms with E-state index in [-0.39, 0.29) is 5.91 Å². The van der Waals surface area contributed by atoms with Crippen molar-refractivity contribution in [3.05, 3.63) is 53.3 Å². The van der Waals surface area contributed by atoms with Crippen LogP contribution in [0.1, 0.15) is 21.6 Å². The van der Waals surface area contributed by atoms with E-state index in [9.17, 15) is 4.79 Å². The molecule has 0 atom stereocenters. The summed E-state index contributed by atoms with van der Waals surface area (Å²) < 4.78 is 1.81. The third-order valence-electron chi connectivity index (χ3n) is 2.90. The fourth-order valence-electron chi connectivity index (χ4n) is 1.89. The molecule has 1 heterocycles. The lowest BCUT2D eigenvalue weighted by Crippen LogP contribution is -2.16. The van der Waals surface area contributed by atoms with Gasteiger partial charge in [0.15, 0.2) is 0 Å². The predicted octanol–water partition coefficient (Wildman–Crippen LogP) is 2.89. The number of amides is 1. The summed E-state index contributed by atoms with van der Waals surface area (Å²) >= 11 is 0. The van der Waals surface area contributed by atoms with Crippen LogP contribution in [-0.4, -0.2) is 10.5 Å². The lowest BCUT2D eigenvalue weighted by Gasteiger charge is -2.11. The molecule has 0 radical (unpaired) electrons. The van der Waals surface area contributed by atoms with E-state index in [4.69, 9.17) is 0 Å². The van der Waals surface area contributed by atoms with Gasteiger partial charge in [0.1, 0.15) is 5.69 Å². The second-order valence-corrected chi connectivity index (χ2v) is 4.23. The molecule has 0 unspecified atom stereocenters. The SMILES string of the molecule is Cc1cccc(C)c1NC(=O)c1cccn1C. The van der Waals surface area contributed by atoms with Gasteiger partial charge in [-0.2, -0.15) is 0 Å². The number of aromatic nitrogens is 1. The number of hydrogen-bond donors (Lipinski definition) is 1. The maximum atomic E-state index is 12.1. The first-order chi connectivity index (χ1) is 8.09. The first-order valence-corrected chi connectivity index (χ1v) is 5.58. The Hall–Kier alpha value is -2.03. The Morgan fingerprint density at radius 2 is 1.76 bits per heavy atom. The molecular formula is C14H16N2O. The summed E-state index contributed by atoms with van der Waals surface area (Å²) in [5.41, 5.74) is 3.71. The summed E-state index contributed by atoms with van der Waals surface area (Å²) in [6.45, 7) is 3.99. The molecule has 0 aliphatic carbocycles. The average molecular weight is 228 g/mol. The lowest BCUT2D eigenvalue weighted by atomic mass is 10.1. The molecule has 0 saturated carbocycles. The number of benzene rings is 1. The van der Waals surface area contributed by atoms with E-state index in [2.05, 4.69) is 5.32 Å². The smallest absolute Gasteiger partial charge is 0.272 e. The molecule has 1 N–H and O–H groups in total. The number of nitrogens with zero attached hydrogens (tertiary/aromatic N) is 1. The molecular weight excluding hydrogens is 212 g/mol. The minimum Gasteiger partial charge on any atom is -0.347 e. The first kappa shape index (κ1) is 11.5. The van der Waals surface area contributed by atoms with E-state index in [1.807, 2.05) is 62.0 Å². The minimum absolute atomic E-state index is 0.0742. The second-order valence-electron chi connectivity index (χ2n) is 4.23. The number of rotatable bonds is 2. The quantitative estimate of drug-likeness (QED) is 0.842. The topological polar surface area (TPSA) is 34.0 Å². The Morgan fingerprint density at radius 3 is 2.29 bits per heavy atom. The van der Waals surface area contributed by atoms with Gasteiger partial charge in [0.05, 0.1) is 0 Å². The highest BCUT2D eigenvalue weighted by molar-refractivity contribution is 6.04. The summed E-state index contributed by atoms with van der Waals surface area (Å²) in [6.07, 6.45) is 1.86. The number of para-hydroxylation sites is 1. The third-order valence-corrected chi connectivity index (χ3v) is 2.90. The van der Waals surface area contributed by atoms with Gasteiger partial charge < -0.3 is 9.88 Å². The fraction of sp³-hybridized carbons (Fsp3) is 0.214. The second kappa shape index (κ2) is 4.45. The van der Waals surface area contributed by atoms with Gasteiger partial charge in [-0.05, 0) is 37.1 Å². The van der Waals surface area contributed by atoms with E-state index in [1.165, 1.54) is 0 Å². The third kappa shape index (κ3) is 2.23. The standard InChI is InChI=1S/C14H16N2O/c1-10-6-4-7-11(2)13(10)15-14(17)12-8-5-9-16(12)3/h4-9H,1-3H3,(H,15,17). The Labute approximate surface area is 101 Å². The van der Waals surface area contributed by atoms with Gasteiger partial charge in [-0.25, -0.2) is 0 Å². The number of hydrogen-bond acceptors (Lipinski definition) is 1. The number of nitrogens with one attached hydrogen (secondary N) is 1. The molecule has 0 aliphatic heterocycles. The minimum atomic E-state index is -0.0742. The van der Waals surface area contributed by atoms with Crippen LogP contribution in [0.15, 0.2) is 36.5 Å². The Morgan fingerprint density at radius 1 is 1.12 bits per heavy atom. The van der Waals surface area contributed by atoms with Crippen LogP contribution in [0.5, 0.6) is 0 Å². The van der Waals surface area contributed by atoms with E-state index in [1.54, 1.807) is 0 Å². The van der Waals surface area contributed by atoms with E-state index >= 15 is 0 Å². The van der Waals surface area contributed by atoms with Crippen LogP contribution in [0.2, 0.25) is 0 Å². The van der Waals surface area contributed by atoms with Crippen molar-refractivity contribution in [3.8, 4) is 0 Å². The lowest BCUT2D eigenvalue weighted by molar-refractivity contribution is 0.101. The number of anilines is 1. The summed E-state index contributed by atoms with van der Waals surface area (Å²) in [7, 11) is 1.86. The molecule has 88 valence electrons. The zero-order valence-electron chi connectivity index (χ0n) is 10.3. The molecule has 3 heteroatoms. The van der Waals surface area contributed by atoms with E-state index in [0.717, 1.165) is 16.8 Å². The summed E-state index contributed by atoms with van der Waals surface area (Å²) in [5, 5.41) is 2.96. The number of aryl methyl sites for hydroxylation is 3. The molecule has 1 aromatic heterocycles. The molecule has 1 amide bonds. The van der Waals surface area contributed by atoms with Gasteiger partial charge in [-0.15, -0.1) is 0 Å². The van der Waals surface area contributed by atoms with Crippen LogP contribution in [0, 0.1) is 13.8 Å². The van der Waals surface area contributed by atoms with Crippen LogP contribution < -0.4 is 5.32 Å². The molecule has 0 spiro atoms. The van der Waals surface area contributed by atoms with Crippen molar-refractivity contribution >= 4 is 11.6 Å². The van der Waals surface area contributed by atoms with Crippen LogP contribution in [0.25, 0.3) is 0 Å². The maximum absolute atomic E-state index is 12.1.